The monoisotopic (exact) mass is 407 g/mol. The first kappa shape index (κ1) is 19.4. The number of rotatable bonds is 5. The number of nitrogens with zero attached hydrogens (tertiary/aromatic N) is 2. The summed E-state index contributed by atoms with van der Waals surface area (Å²) in [5, 5.41) is 3.16. The molecular formula is C24H29N3O3. The highest BCUT2D eigenvalue weighted by molar-refractivity contribution is 5.95. The average molecular weight is 408 g/mol. The van der Waals surface area contributed by atoms with E-state index < -0.39 is 0 Å². The van der Waals surface area contributed by atoms with Crippen molar-refractivity contribution >= 4 is 11.6 Å². The van der Waals surface area contributed by atoms with Gasteiger partial charge in [-0.3, -0.25) is 14.7 Å². The van der Waals surface area contributed by atoms with Gasteiger partial charge in [-0.15, -0.1) is 0 Å². The van der Waals surface area contributed by atoms with Crippen LogP contribution in [-0.2, 0) is 11.3 Å². The second kappa shape index (κ2) is 7.58. The lowest BCUT2D eigenvalue weighted by Gasteiger charge is -2.45. The molecule has 2 aliphatic heterocycles. The number of likely N-dealkylation sites (tertiary alicyclic amines) is 1. The van der Waals surface area contributed by atoms with E-state index in [-0.39, 0.29) is 24.2 Å². The van der Waals surface area contributed by atoms with Crippen LogP contribution >= 0.6 is 0 Å². The molecule has 1 atom stereocenters. The Hall–Kier alpha value is -2.60. The highest BCUT2D eigenvalue weighted by atomic mass is 16.7. The number of pyridine rings is 1. The molecule has 6 heteroatoms. The van der Waals surface area contributed by atoms with Gasteiger partial charge in [0.2, 0.25) is 12.7 Å². The summed E-state index contributed by atoms with van der Waals surface area (Å²) in [5.74, 6) is 2.20. The highest BCUT2D eigenvalue weighted by Gasteiger charge is 2.43. The van der Waals surface area contributed by atoms with Crippen LogP contribution in [-0.4, -0.2) is 35.2 Å². The molecule has 1 saturated heterocycles. The third-order valence-electron chi connectivity index (χ3n) is 6.56. The Morgan fingerprint density at radius 2 is 2.00 bits per heavy atom. The van der Waals surface area contributed by atoms with Crippen LogP contribution in [0.3, 0.4) is 0 Å². The molecule has 2 aromatic rings. The van der Waals surface area contributed by atoms with Gasteiger partial charge in [-0.25, -0.2) is 0 Å². The molecule has 6 nitrogen and oxygen atoms in total. The van der Waals surface area contributed by atoms with Crippen molar-refractivity contribution in [2.24, 2.45) is 5.41 Å². The van der Waals surface area contributed by atoms with E-state index in [1.54, 1.807) is 6.20 Å². The average Bonchev–Trinajstić information content (AvgIpc) is 3.45. The molecule has 0 spiro atoms. The van der Waals surface area contributed by atoms with E-state index in [1.807, 2.05) is 18.2 Å². The second-order valence-electron chi connectivity index (χ2n) is 9.34. The number of amides is 1. The highest BCUT2D eigenvalue weighted by Crippen LogP contribution is 2.41. The number of anilines is 1. The lowest BCUT2D eigenvalue weighted by Crippen LogP contribution is -2.55. The van der Waals surface area contributed by atoms with E-state index in [0.717, 1.165) is 36.5 Å². The minimum absolute atomic E-state index is 0.0450. The van der Waals surface area contributed by atoms with Gasteiger partial charge >= 0.3 is 0 Å². The Kier molecular flexibility index (Phi) is 4.89. The minimum atomic E-state index is -0.241. The molecule has 1 aromatic carbocycles. The van der Waals surface area contributed by atoms with Crippen LogP contribution in [0.1, 0.15) is 56.7 Å². The first-order chi connectivity index (χ1) is 14.5. The van der Waals surface area contributed by atoms with Gasteiger partial charge in [0.15, 0.2) is 11.5 Å². The fraction of sp³-hybridized carbons (Fsp3) is 0.500. The van der Waals surface area contributed by atoms with E-state index in [2.05, 4.69) is 41.2 Å². The van der Waals surface area contributed by atoms with Gasteiger partial charge in [0.1, 0.15) is 5.69 Å². The Balaban J connectivity index is 1.35. The Morgan fingerprint density at radius 1 is 1.20 bits per heavy atom. The molecule has 1 N–H and O–H groups in total. The molecule has 158 valence electrons. The smallest absolute Gasteiger partial charge is 0.242 e. The third-order valence-corrected chi connectivity index (χ3v) is 6.56. The minimum Gasteiger partial charge on any atom is -0.453 e. The van der Waals surface area contributed by atoms with Crippen molar-refractivity contribution < 1.29 is 14.3 Å². The summed E-state index contributed by atoms with van der Waals surface area (Å²) in [5.41, 5.74) is 2.93. The van der Waals surface area contributed by atoms with Crippen molar-refractivity contribution in [1.29, 1.82) is 0 Å². The first-order valence-corrected chi connectivity index (χ1v) is 10.9. The molecule has 1 aliphatic carbocycles. The van der Waals surface area contributed by atoms with Gasteiger partial charge in [-0.1, -0.05) is 26.0 Å². The van der Waals surface area contributed by atoms with Gasteiger partial charge in [0, 0.05) is 24.5 Å². The molecule has 5 rings (SSSR count). The molecule has 3 heterocycles. The Labute approximate surface area is 177 Å². The number of nitrogens with one attached hydrogen (secondary N) is 1. The number of hydrogen-bond donors (Lipinski definition) is 1. The van der Waals surface area contributed by atoms with E-state index in [9.17, 15) is 4.79 Å². The molecule has 30 heavy (non-hydrogen) atoms. The quantitative estimate of drug-likeness (QED) is 0.800. The van der Waals surface area contributed by atoms with Crippen LogP contribution in [0, 0.1) is 5.41 Å². The number of piperidine rings is 1. The number of benzene rings is 1. The summed E-state index contributed by atoms with van der Waals surface area (Å²) in [6.07, 6.45) is 6.38. The van der Waals surface area contributed by atoms with E-state index in [0.29, 0.717) is 18.2 Å². The molecule has 2 fully saturated rings. The van der Waals surface area contributed by atoms with Gasteiger partial charge in [-0.2, -0.15) is 0 Å². The summed E-state index contributed by atoms with van der Waals surface area (Å²) in [4.78, 5) is 20.2. The molecule has 1 amide bonds. The third kappa shape index (κ3) is 3.76. The van der Waals surface area contributed by atoms with Crippen LogP contribution in [0.4, 0.5) is 5.69 Å². The number of hydrogen-bond acceptors (Lipinski definition) is 5. The fourth-order valence-electron chi connectivity index (χ4n) is 4.85. The first-order valence-electron chi connectivity index (χ1n) is 10.9. The summed E-state index contributed by atoms with van der Waals surface area (Å²) in [6.45, 7) is 6.01. The molecule has 1 aromatic heterocycles. The summed E-state index contributed by atoms with van der Waals surface area (Å²) >= 11 is 0. The second-order valence-corrected chi connectivity index (χ2v) is 9.34. The zero-order valence-corrected chi connectivity index (χ0v) is 17.7. The maximum Gasteiger partial charge on any atom is 0.242 e. The molecule has 1 unspecified atom stereocenters. The van der Waals surface area contributed by atoms with Crippen LogP contribution in [0.2, 0.25) is 0 Å². The van der Waals surface area contributed by atoms with Gasteiger partial charge in [0.25, 0.3) is 0 Å². The van der Waals surface area contributed by atoms with Crippen LogP contribution in [0.15, 0.2) is 36.5 Å². The Morgan fingerprint density at radius 3 is 2.77 bits per heavy atom. The zero-order valence-electron chi connectivity index (χ0n) is 17.7. The van der Waals surface area contributed by atoms with Crippen molar-refractivity contribution in [3.8, 4) is 11.5 Å². The number of fused-ring (bicyclic) bond motifs is 1. The van der Waals surface area contributed by atoms with Crippen molar-refractivity contribution in [2.75, 3.05) is 18.7 Å². The van der Waals surface area contributed by atoms with Crippen molar-refractivity contribution in [1.82, 2.24) is 9.88 Å². The topological polar surface area (TPSA) is 63.7 Å². The number of carbonyl (C=O) groups is 1. The normalized spacial score (nSPS) is 22.7. The number of aromatic nitrogens is 1. The van der Waals surface area contributed by atoms with Gasteiger partial charge in [0.05, 0.1) is 6.04 Å². The lowest BCUT2D eigenvalue weighted by molar-refractivity contribution is -0.128. The molecular weight excluding hydrogens is 378 g/mol. The molecule has 0 radical (unpaired) electrons. The largest absolute Gasteiger partial charge is 0.453 e. The van der Waals surface area contributed by atoms with Crippen molar-refractivity contribution in [3.05, 3.63) is 47.8 Å². The maximum absolute atomic E-state index is 13.4. The molecule has 0 bridgehead atoms. The van der Waals surface area contributed by atoms with Crippen LogP contribution < -0.4 is 14.8 Å². The van der Waals surface area contributed by atoms with Gasteiger partial charge < -0.3 is 14.8 Å². The van der Waals surface area contributed by atoms with Gasteiger partial charge in [-0.05, 0) is 61.3 Å². The van der Waals surface area contributed by atoms with E-state index in [4.69, 9.17) is 9.47 Å². The fourth-order valence-corrected chi connectivity index (χ4v) is 4.85. The van der Waals surface area contributed by atoms with Crippen molar-refractivity contribution in [2.45, 2.75) is 58.0 Å². The summed E-state index contributed by atoms with van der Waals surface area (Å²) in [7, 11) is 0. The van der Waals surface area contributed by atoms with E-state index in [1.165, 1.54) is 18.4 Å². The Bertz CT molecular complexity index is 937. The standard InChI is InChI=1S/C24H29N3O3/c1-24(2)11-3-13-27(14-19-21-20(10-12-25-19)29-15-30-21)22(24)23(28)26-18-8-6-17(7-9-18)16-4-5-16/h6-10,12,16,22H,3-5,11,13-15H2,1-2H3,(H,26,28). The number of carbonyl (C=O) groups excluding carboxylic acids is 1. The van der Waals surface area contributed by atoms with E-state index >= 15 is 0 Å². The SMILES string of the molecule is CC1(C)CCCN(Cc2nccc3c2OCO3)C1C(=O)Nc1ccc(C2CC2)cc1. The lowest BCUT2D eigenvalue weighted by atomic mass is 9.75. The van der Waals surface area contributed by atoms with Crippen LogP contribution in [0.25, 0.3) is 0 Å². The summed E-state index contributed by atoms with van der Waals surface area (Å²) in [6, 6.07) is 9.93. The number of ether oxygens (including phenoxy) is 2. The van der Waals surface area contributed by atoms with Crippen LogP contribution in [0.5, 0.6) is 11.5 Å². The predicted octanol–water partition coefficient (Wildman–Crippen LogP) is 4.32. The zero-order chi connectivity index (χ0) is 20.7. The van der Waals surface area contributed by atoms with Crippen molar-refractivity contribution in [3.63, 3.8) is 0 Å². The maximum atomic E-state index is 13.4. The summed E-state index contributed by atoms with van der Waals surface area (Å²) < 4.78 is 11.1. The molecule has 3 aliphatic rings. The molecule has 1 saturated carbocycles. The predicted molar refractivity (Wildman–Crippen MR) is 115 cm³/mol.